The highest BCUT2D eigenvalue weighted by molar-refractivity contribution is 7.22. The molecular weight excluding hydrogens is 332 g/mol. The number of hydrogen-bond donors (Lipinski definition) is 1. The molecule has 25 heavy (non-hydrogen) atoms. The standard InChI is InChI=1S/C19H28N4OS/c1-3-22(4-2)13-10-20-18(24)15-8-9-16-17(14-15)25-19(21-16)23-11-6-5-7-12-23/h8-9,14H,3-7,10-13H2,1-2H3,(H,20,24). The molecule has 2 aromatic rings. The molecule has 6 heteroatoms. The van der Waals surface area contributed by atoms with Crippen LogP contribution in [0.3, 0.4) is 0 Å². The molecule has 0 radical (unpaired) electrons. The van der Waals surface area contributed by atoms with E-state index in [4.69, 9.17) is 4.98 Å². The molecule has 0 aliphatic carbocycles. The Morgan fingerprint density at radius 2 is 2.00 bits per heavy atom. The summed E-state index contributed by atoms with van der Waals surface area (Å²) in [7, 11) is 0. The number of rotatable bonds is 7. The van der Waals surface area contributed by atoms with Gasteiger partial charge in [0.2, 0.25) is 0 Å². The summed E-state index contributed by atoms with van der Waals surface area (Å²) in [5, 5.41) is 4.12. The van der Waals surface area contributed by atoms with Gasteiger partial charge in [0.25, 0.3) is 5.91 Å². The highest BCUT2D eigenvalue weighted by atomic mass is 32.1. The Morgan fingerprint density at radius 3 is 2.72 bits per heavy atom. The van der Waals surface area contributed by atoms with E-state index in [0.717, 1.165) is 53.6 Å². The van der Waals surface area contributed by atoms with Crippen LogP contribution in [-0.2, 0) is 0 Å². The van der Waals surface area contributed by atoms with E-state index < -0.39 is 0 Å². The SMILES string of the molecule is CCN(CC)CCNC(=O)c1ccc2nc(N3CCCCC3)sc2c1. The van der Waals surface area contributed by atoms with Gasteiger partial charge in [0.15, 0.2) is 5.13 Å². The van der Waals surface area contributed by atoms with Crippen molar-refractivity contribution in [3.8, 4) is 0 Å². The number of aromatic nitrogens is 1. The fourth-order valence-corrected chi connectivity index (χ4v) is 4.30. The van der Waals surface area contributed by atoms with Gasteiger partial charge in [-0.05, 0) is 50.6 Å². The molecule has 0 spiro atoms. The van der Waals surface area contributed by atoms with Gasteiger partial charge in [-0.1, -0.05) is 25.2 Å². The lowest BCUT2D eigenvalue weighted by Gasteiger charge is -2.25. The third kappa shape index (κ3) is 4.50. The maximum absolute atomic E-state index is 12.4. The molecule has 1 fully saturated rings. The van der Waals surface area contributed by atoms with Gasteiger partial charge >= 0.3 is 0 Å². The third-order valence-corrected chi connectivity index (χ3v) is 5.95. The summed E-state index contributed by atoms with van der Waals surface area (Å²) >= 11 is 1.70. The molecule has 2 heterocycles. The van der Waals surface area contributed by atoms with Crippen LogP contribution in [0.15, 0.2) is 18.2 Å². The summed E-state index contributed by atoms with van der Waals surface area (Å²) in [5.41, 5.74) is 1.71. The molecule has 1 aromatic carbocycles. The molecule has 0 bridgehead atoms. The second-order valence-electron chi connectivity index (χ2n) is 6.51. The van der Waals surface area contributed by atoms with Crippen LogP contribution in [-0.4, -0.2) is 55.1 Å². The van der Waals surface area contributed by atoms with E-state index in [9.17, 15) is 4.79 Å². The van der Waals surface area contributed by atoms with Crippen LogP contribution < -0.4 is 10.2 Å². The van der Waals surface area contributed by atoms with Crippen molar-refractivity contribution in [2.24, 2.45) is 0 Å². The summed E-state index contributed by atoms with van der Waals surface area (Å²) in [6.45, 7) is 10.1. The number of nitrogens with zero attached hydrogens (tertiary/aromatic N) is 3. The van der Waals surface area contributed by atoms with Gasteiger partial charge in [-0.25, -0.2) is 4.98 Å². The highest BCUT2D eigenvalue weighted by Gasteiger charge is 2.16. The first-order chi connectivity index (χ1) is 12.2. The smallest absolute Gasteiger partial charge is 0.251 e. The third-order valence-electron chi connectivity index (χ3n) is 4.87. The number of anilines is 1. The minimum atomic E-state index is 0.00183. The lowest BCUT2D eigenvalue weighted by molar-refractivity contribution is 0.0949. The molecule has 136 valence electrons. The lowest BCUT2D eigenvalue weighted by atomic mass is 10.1. The van der Waals surface area contributed by atoms with E-state index in [1.54, 1.807) is 11.3 Å². The van der Waals surface area contributed by atoms with Gasteiger partial charge in [-0.2, -0.15) is 0 Å². The summed E-state index contributed by atoms with van der Waals surface area (Å²) in [6, 6.07) is 5.83. The number of benzene rings is 1. The van der Waals surface area contributed by atoms with Gasteiger partial charge in [-0.3, -0.25) is 4.79 Å². The minimum Gasteiger partial charge on any atom is -0.351 e. The van der Waals surface area contributed by atoms with E-state index >= 15 is 0 Å². The fraction of sp³-hybridized carbons (Fsp3) is 0.579. The number of nitrogens with one attached hydrogen (secondary N) is 1. The normalized spacial score (nSPS) is 15.1. The van der Waals surface area contributed by atoms with Crippen molar-refractivity contribution in [3.63, 3.8) is 0 Å². The van der Waals surface area contributed by atoms with Crippen LogP contribution in [0.25, 0.3) is 10.2 Å². The zero-order valence-corrected chi connectivity index (χ0v) is 16.1. The Labute approximate surface area is 154 Å². The van der Waals surface area contributed by atoms with Crippen LogP contribution in [0.4, 0.5) is 5.13 Å². The average Bonchev–Trinajstić information content (AvgIpc) is 3.09. The quantitative estimate of drug-likeness (QED) is 0.822. The van der Waals surface area contributed by atoms with E-state index in [2.05, 4.69) is 29.0 Å². The number of amides is 1. The molecule has 0 atom stereocenters. The molecule has 1 aromatic heterocycles. The Hall–Kier alpha value is -1.66. The highest BCUT2D eigenvalue weighted by Crippen LogP contribution is 2.31. The summed E-state index contributed by atoms with van der Waals surface area (Å²) in [5.74, 6) is 0.00183. The minimum absolute atomic E-state index is 0.00183. The van der Waals surface area contributed by atoms with Crippen LogP contribution in [0.5, 0.6) is 0 Å². The fourth-order valence-electron chi connectivity index (χ4n) is 3.24. The largest absolute Gasteiger partial charge is 0.351 e. The number of likely N-dealkylation sites (N-methyl/N-ethyl adjacent to an activating group) is 1. The second-order valence-corrected chi connectivity index (χ2v) is 7.52. The van der Waals surface area contributed by atoms with E-state index in [0.29, 0.717) is 6.54 Å². The predicted molar refractivity (Wildman–Crippen MR) is 106 cm³/mol. The molecule has 5 nitrogen and oxygen atoms in total. The van der Waals surface area contributed by atoms with Gasteiger partial charge in [0.05, 0.1) is 10.2 Å². The van der Waals surface area contributed by atoms with Crippen LogP contribution in [0, 0.1) is 0 Å². The first-order valence-corrected chi connectivity index (χ1v) is 10.2. The van der Waals surface area contributed by atoms with Crippen molar-refractivity contribution in [1.29, 1.82) is 0 Å². The van der Waals surface area contributed by atoms with E-state index in [-0.39, 0.29) is 5.91 Å². The average molecular weight is 361 g/mol. The van der Waals surface area contributed by atoms with Crippen molar-refractivity contribution in [3.05, 3.63) is 23.8 Å². The first-order valence-electron chi connectivity index (χ1n) is 9.37. The summed E-state index contributed by atoms with van der Waals surface area (Å²) in [4.78, 5) is 21.8. The van der Waals surface area contributed by atoms with Gasteiger partial charge in [0.1, 0.15) is 0 Å². The summed E-state index contributed by atoms with van der Waals surface area (Å²) in [6.07, 6.45) is 3.81. The Bertz CT molecular complexity index is 705. The second kappa shape index (κ2) is 8.63. The lowest BCUT2D eigenvalue weighted by Crippen LogP contribution is -2.34. The van der Waals surface area contributed by atoms with Gasteiger partial charge < -0.3 is 15.1 Å². The Kier molecular flexibility index (Phi) is 6.26. The molecule has 1 N–H and O–H groups in total. The van der Waals surface area contributed by atoms with Crippen LogP contribution >= 0.6 is 11.3 Å². The number of thiazole rings is 1. The first kappa shape index (κ1) is 18.1. The maximum Gasteiger partial charge on any atom is 0.251 e. The van der Waals surface area contributed by atoms with Crippen LogP contribution in [0.2, 0.25) is 0 Å². The molecule has 1 amide bonds. The molecule has 1 aliphatic heterocycles. The monoisotopic (exact) mass is 360 g/mol. The number of carbonyl (C=O) groups excluding carboxylic acids is 1. The van der Waals surface area contributed by atoms with Crippen molar-refractivity contribution in [2.45, 2.75) is 33.1 Å². The van der Waals surface area contributed by atoms with E-state index in [1.807, 2.05) is 18.2 Å². The number of carbonyl (C=O) groups is 1. The van der Waals surface area contributed by atoms with Crippen molar-refractivity contribution in [1.82, 2.24) is 15.2 Å². The van der Waals surface area contributed by atoms with Crippen LogP contribution in [0.1, 0.15) is 43.5 Å². The number of hydrogen-bond acceptors (Lipinski definition) is 5. The molecule has 1 saturated heterocycles. The molecule has 0 unspecified atom stereocenters. The summed E-state index contributed by atoms with van der Waals surface area (Å²) < 4.78 is 1.09. The number of fused-ring (bicyclic) bond motifs is 1. The zero-order valence-electron chi connectivity index (χ0n) is 15.3. The van der Waals surface area contributed by atoms with Gasteiger partial charge in [0, 0.05) is 31.7 Å². The molecular formula is C19H28N4OS. The molecule has 3 rings (SSSR count). The Balaban J connectivity index is 1.65. The van der Waals surface area contributed by atoms with Crippen molar-refractivity contribution >= 4 is 32.6 Å². The van der Waals surface area contributed by atoms with Gasteiger partial charge in [-0.15, -0.1) is 0 Å². The van der Waals surface area contributed by atoms with Crippen molar-refractivity contribution < 1.29 is 4.79 Å². The van der Waals surface area contributed by atoms with E-state index in [1.165, 1.54) is 19.3 Å². The number of piperidine rings is 1. The molecule has 0 saturated carbocycles. The zero-order chi connectivity index (χ0) is 17.6. The van der Waals surface area contributed by atoms with Crippen molar-refractivity contribution in [2.75, 3.05) is 44.2 Å². The molecule has 1 aliphatic rings. The maximum atomic E-state index is 12.4. The predicted octanol–water partition coefficient (Wildman–Crippen LogP) is 3.36. The Morgan fingerprint density at radius 1 is 1.24 bits per heavy atom. The topological polar surface area (TPSA) is 48.5 Å².